The lowest BCUT2D eigenvalue weighted by molar-refractivity contribution is -0.0660. The van der Waals surface area contributed by atoms with Crippen LogP contribution in [0.2, 0.25) is 0 Å². The van der Waals surface area contributed by atoms with Crippen molar-refractivity contribution in [3.05, 3.63) is 53.6 Å². The molecule has 0 radical (unpaired) electrons. The average Bonchev–Trinajstić information content (AvgIpc) is 2.88. The standard InChI is InChI=1S/C27H36N2O7/c1-3-34-21-8-6-20(7-9-21)26-23(30)16-29(27(31)32)17-25(26)36-18-19-5-10-24-22(15-19)28(12-14-35-24)11-4-13-33-2/h5-10,15,23,25-26,30H,3-4,11-14,16-18H2,1-2H3,(H,31,32)/t23-,25+,26+/m1/s1. The second kappa shape index (κ2) is 12.3. The van der Waals surface area contributed by atoms with Crippen LogP contribution < -0.4 is 14.4 Å². The van der Waals surface area contributed by atoms with E-state index < -0.39 is 18.3 Å². The average molecular weight is 501 g/mol. The summed E-state index contributed by atoms with van der Waals surface area (Å²) >= 11 is 0. The van der Waals surface area contributed by atoms with Crippen molar-refractivity contribution in [1.82, 2.24) is 4.90 Å². The Morgan fingerprint density at radius 2 is 1.97 bits per heavy atom. The third kappa shape index (κ3) is 6.21. The zero-order chi connectivity index (χ0) is 25.5. The molecule has 1 fully saturated rings. The summed E-state index contributed by atoms with van der Waals surface area (Å²) < 4.78 is 22.9. The first-order valence-electron chi connectivity index (χ1n) is 12.5. The van der Waals surface area contributed by atoms with E-state index in [0.717, 1.165) is 47.8 Å². The zero-order valence-electron chi connectivity index (χ0n) is 21.0. The molecule has 196 valence electrons. The fourth-order valence-corrected chi connectivity index (χ4v) is 4.94. The maximum absolute atomic E-state index is 11.7. The maximum atomic E-state index is 11.7. The molecule has 3 atom stereocenters. The van der Waals surface area contributed by atoms with Gasteiger partial charge in [-0.25, -0.2) is 4.79 Å². The number of nitrogens with zero attached hydrogens (tertiary/aromatic N) is 2. The van der Waals surface area contributed by atoms with Crippen molar-refractivity contribution in [1.29, 1.82) is 0 Å². The van der Waals surface area contributed by atoms with Crippen molar-refractivity contribution in [2.75, 3.05) is 58.0 Å². The molecule has 0 bridgehead atoms. The van der Waals surface area contributed by atoms with E-state index in [0.29, 0.717) is 19.8 Å². The van der Waals surface area contributed by atoms with E-state index in [2.05, 4.69) is 11.0 Å². The number of methoxy groups -OCH3 is 1. The number of fused-ring (bicyclic) bond motifs is 1. The predicted molar refractivity (Wildman–Crippen MR) is 135 cm³/mol. The quantitative estimate of drug-likeness (QED) is 0.479. The Morgan fingerprint density at radius 1 is 1.17 bits per heavy atom. The lowest BCUT2D eigenvalue weighted by Crippen LogP contribution is -2.53. The number of aliphatic hydroxyl groups excluding tert-OH is 1. The lowest BCUT2D eigenvalue weighted by Gasteiger charge is -2.40. The number of hydrogen-bond acceptors (Lipinski definition) is 7. The Morgan fingerprint density at radius 3 is 2.69 bits per heavy atom. The lowest BCUT2D eigenvalue weighted by atomic mass is 9.84. The van der Waals surface area contributed by atoms with Gasteiger partial charge in [0, 0.05) is 26.2 Å². The molecule has 1 amide bonds. The summed E-state index contributed by atoms with van der Waals surface area (Å²) in [6, 6.07) is 13.6. The number of likely N-dealkylation sites (tertiary alicyclic amines) is 1. The van der Waals surface area contributed by atoms with Gasteiger partial charge in [-0.1, -0.05) is 18.2 Å². The van der Waals surface area contributed by atoms with Gasteiger partial charge in [-0.2, -0.15) is 0 Å². The molecule has 0 aliphatic carbocycles. The Hall–Kier alpha value is -3.01. The van der Waals surface area contributed by atoms with Gasteiger partial charge in [0.1, 0.15) is 18.1 Å². The number of rotatable bonds is 10. The number of anilines is 1. The molecule has 2 aromatic rings. The van der Waals surface area contributed by atoms with E-state index in [1.807, 2.05) is 43.3 Å². The SMILES string of the molecule is CCOc1ccc([C@H]2[C@H](O)CN(C(=O)O)C[C@@H]2OCc2ccc3c(c2)N(CCCOC)CCO3)cc1. The topological polar surface area (TPSA) is 101 Å². The largest absolute Gasteiger partial charge is 0.494 e. The number of amides is 1. The van der Waals surface area contributed by atoms with Crippen LogP contribution in [0.5, 0.6) is 11.5 Å². The molecule has 36 heavy (non-hydrogen) atoms. The van der Waals surface area contributed by atoms with Gasteiger partial charge in [0.2, 0.25) is 0 Å². The van der Waals surface area contributed by atoms with Crippen molar-refractivity contribution in [2.45, 2.75) is 38.1 Å². The molecular formula is C27H36N2O7. The molecule has 0 unspecified atom stereocenters. The number of ether oxygens (including phenoxy) is 4. The molecule has 0 spiro atoms. The van der Waals surface area contributed by atoms with Gasteiger partial charge in [0.15, 0.2) is 0 Å². The van der Waals surface area contributed by atoms with Crippen LogP contribution >= 0.6 is 0 Å². The van der Waals surface area contributed by atoms with Gasteiger partial charge in [-0.05, 0) is 48.7 Å². The highest BCUT2D eigenvalue weighted by molar-refractivity contribution is 5.65. The molecule has 0 saturated carbocycles. The van der Waals surface area contributed by atoms with Gasteiger partial charge in [-0.15, -0.1) is 0 Å². The van der Waals surface area contributed by atoms with Crippen molar-refractivity contribution in [3.8, 4) is 11.5 Å². The normalized spacial score (nSPS) is 21.6. The molecule has 0 aromatic heterocycles. The first-order valence-corrected chi connectivity index (χ1v) is 12.5. The number of benzene rings is 2. The molecule has 2 heterocycles. The fraction of sp³-hybridized carbons (Fsp3) is 0.519. The summed E-state index contributed by atoms with van der Waals surface area (Å²) in [6.07, 6.45) is -1.53. The Kier molecular flexibility index (Phi) is 8.90. The van der Waals surface area contributed by atoms with Crippen molar-refractivity contribution < 1.29 is 34.0 Å². The third-order valence-corrected chi connectivity index (χ3v) is 6.69. The van der Waals surface area contributed by atoms with E-state index in [1.54, 1.807) is 7.11 Å². The fourth-order valence-electron chi connectivity index (χ4n) is 4.94. The monoisotopic (exact) mass is 500 g/mol. The molecule has 9 nitrogen and oxygen atoms in total. The minimum atomic E-state index is -1.06. The summed E-state index contributed by atoms with van der Waals surface area (Å²) in [5.41, 5.74) is 2.88. The van der Waals surface area contributed by atoms with E-state index in [-0.39, 0.29) is 25.6 Å². The molecule has 2 N–H and O–H groups in total. The molecule has 9 heteroatoms. The summed E-state index contributed by atoms with van der Waals surface area (Å²) in [6.45, 7) is 6.03. The molecule has 2 aromatic carbocycles. The minimum absolute atomic E-state index is 0.0414. The van der Waals surface area contributed by atoms with Crippen LogP contribution in [0, 0.1) is 0 Å². The first kappa shape index (κ1) is 26.1. The summed E-state index contributed by atoms with van der Waals surface area (Å²) in [4.78, 5) is 15.2. The second-order valence-corrected chi connectivity index (χ2v) is 9.12. The highest BCUT2D eigenvalue weighted by atomic mass is 16.5. The highest BCUT2D eigenvalue weighted by Gasteiger charge is 2.39. The van der Waals surface area contributed by atoms with E-state index in [4.69, 9.17) is 18.9 Å². The smallest absolute Gasteiger partial charge is 0.407 e. The summed E-state index contributed by atoms with van der Waals surface area (Å²) in [5, 5.41) is 20.5. The minimum Gasteiger partial charge on any atom is -0.494 e. The Bertz CT molecular complexity index is 1000. The molecule has 4 rings (SSSR count). The Balaban J connectivity index is 1.50. The Labute approximate surface area is 212 Å². The van der Waals surface area contributed by atoms with Crippen LogP contribution in [-0.2, 0) is 16.1 Å². The van der Waals surface area contributed by atoms with Gasteiger partial charge < -0.3 is 39.0 Å². The highest BCUT2D eigenvalue weighted by Crippen LogP contribution is 2.35. The van der Waals surface area contributed by atoms with Crippen LogP contribution in [0.1, 0.15) is 30.4 Å². The van der Waals surface area contributed by atoms with E-state index in [1.165, 1.54) is 4.90 Å². The molecular weight excluding hydrogens is 464 g/mol. The number of piperidine rings is 1. The number of carbonyl (C=O) groups is 1. The molecule has 2 aliphatic heterocycles. The van der Waals surface area contributed by atoms with Gasteiger partial charge in [0.25, 0.3) is 0 Å². The van der Waals surface area contributed by atoms with Crippen molar-refractivity contribution in [3.63, 3.8) is 0 Å². The van der Waals surface area contributed by atoms with Crippen LogP contribution in [0.3, 0.4) is 0 Å². The maximum Gasteiger partial charge on any atom is 0.407 e. The molecule has 1 saturated heterocycles. The van der Waals surface area contributed by atoms with E-state index >= 15 is 0 Å². The number of hydrogen-bond donors (Lipinski definition) is 2. The third-order valence-electron chi connectivity index (χ3n) is 6.69. The van der Waals surface area contributed by atoms with Crippen molar-refractivity contribution in [2.24, 2.45) is 0 Å². The van der Waals surface area contributed by atoms with Gasteiger partial charge >= 0.3 is 6.09 Å². The first-order chi connectivity index (χ1) is 17.5. The number of aliphatic hydroxyl groups is 1. The van der Waals surface area contributed by atoms with Crippen molar-refractivity contribution >= 4 is 11.8 Å². The van der Waals surface area contributed by atoms with Crippen LogP contribution in [0.4, 0.5) is 10.5 Å². The second-order valence-electron chi connectivity index (χ2n) is 9.12. The predicted octanol–water partition coefficient (Wildman–Crippen LogP) is 3.34. The van der Waals surface area contributed by atoms with Gasteiger partial charge in [0.05, 0.1) is 50.7 Å². The molecule has 2 aliphatic rings. The number of carboxylic acid groups (broad SMARTS) is 1. The summed E-state index contributed by atoms with van der Waals surface area (Å²) in [7, 11) is 1.71. The van der Waals surface area contributed by atoms with Crippen LogP contribution in [-0.4, -0.2) is 86.5 Å². The van der Waals surface area contributed by atoms with Crippen LogP contribution in [0.15, 0.2) is 42.5 Å². The van der Waals surface area contributed by atoms with E-state index in [9.17, 15) is 15.0 Å². The zero-order valence-corrected chi connectivity index (χ0v) is 21.0. The number of β-amino-alcohol motifs (C(OH)–C–C–N with tert-alkyl or cyclic N) is 1. The van der Waals surface area contributed by atoms with Gasteiger partial charge in [-0.3, -0.25) is 0 Å². The summed E-state index contributed by atoms with van der Waals surface area (Å²) in [5.74, 6) is 1.24. The van der Waals surface area contributed by atoms with Crippen LogP contribution in [0.25, 0.3) is 0 Å².